The summed E-state index contributed by atoms with van der Waals surface area (Å²) in [5.41, 5.74) is 3.12. The number of carbonyl (C=O) groups excluding carboxylic acids is 1. The maximum atomic E-state index is 12.8. The Morgan fingerprint density at radius 2 is 1.73 bits per heavy atom. The molecule has 2 aromatic carbocycles. The number of anilines is 1. The van der Waals surface area contributed by atoms with Gasteiger partial charge in [0.1, 0.15) is 0 Å². The van der Waals surface area contributed by atoms with Gasteiger partial charge in [-0.1, -0.05) is 30.3 Å². The van der Waals surface area contributed by atoms with E-state index in [-0.39, 0.29) is 11.8 Å². The topological polar surface area (TPSA) is 75.7 Å². The fourth-order valence-electron chi connectivity index (χ4n) is 3.82. The third-order valence-corrected chi connectivity index (χ3v) is 6.70. The highest BCUT2D eigenvalue weighted by Gasteiger charge is 2.21. The van der Waals surface area contributed by atoms with Crippen molar-refractivity contribution in [2.45, 2.75) is 44.9 Å². The first kappa shape index (κ1) is 22.3. The van der Waals surface area contributed by atoms with Crippen molar-refractivity contribution in [3.8, 4) is 0 Å². The number of hydrogen-bond donors (Lipinski definition) is 1. The molecule has 162 valence electrons. The van der Waals surface area contributed by atoms with Gasteiger partial charge in [0.05, 0.1) is 17.9 Å². The lowest BCUT2D eigenvalue weighted by Crippen LogP contribution is -2.33. The van der Waals surface area contributed by atoms with Crippen LogP contribution in [0.4, 0.5) is 5.69 Å². The van der Waals surface area contributed by atoms with Crippen molar-refractivity contribution in [2.24, 2.45) is 0 Å². The highest BCUT2D eigenvalue weighted by atomic mass is 32.2. The first-order chi connectivity index (χ1) is 14.4. The van der Waals surface area contributed by atoms with Gasteiger partial charge in [-0.3, -0.25) is 0 Å². The van der Waals surface area contributed by atoms with E-state index in [2.05, 4.69) is 15.7 Å². The summed E-state index contributed by atoms with van der Waals surface area (Å²) in [6.45, 7) is 5.93. The Hall–Kier alpha value is -2.38. The summed E-state index contributed by atoms with van der Waals surface area (Å²) in [4.78, 5) is 14.1. The van der Waals surface area contributed by atoms with E-state index in [0.717, 1.165) is 37.2 Å². The van der Waals surface area contributed by atoms with Gasteiger partial charge < -0.3 is 9.64 Å². The Kier molecular flexibility index (Phi) is 7.50. The van der Waals surface area contributed by atoms with Crippen LogP contribution in [0, 0.1) is 0 Å². The summed E-state index contributed by atoms with van der Waals surface area (Å²) >= 11 is 0. The first-order valence-corrected chi connectivity index (χ1v) is 12.1. The second-order valence-corrected chi connectivity index (χ2v) is 9.38. The maximum Gasteiger partial charge on any atom is 0.338 e. The molecule has 1 atom stereocenters. The largest absolute Gasteiger partial charge is 0.462 e. The molecule has 0 radical (unpaired) electrons. The smallest absolute Gasteiger partial charge is 0.338 e. The van der Waals surface area contributed by atoms with E-state index in [1.54, 1.807) is 31.2 Å². The SMILES string of the molecule is CCOC(=O)c1ccc(CS(=O)(=O)NC(C)c2ccccc2N2CCCCC2)cc1. The standard InChI is InChI=1S/C23H30N2O4S/c1-3-29-23(26)20-13-11-19(12-14-20)17-30(27,28)24-18(2)21-9-5-6-10-22(21)25-15-7-4-8-16-25/h5-6,9-14,18,24H,3-4,7-8,15-17H2,1-2H3. The Morgan fingerprint density at radius 1 is 1.07 bits per heavy atom. The zero-order chi connectivity index (χ0) is 21.6. The van der Waals surface area contributed by atoms with Crippen LogP contribution in [0.3, 0.4) is 0 Å². The summed E-state index contributed by atoms with van der Waals surface area (Å²) < 4.78 is 33.3. The summed E-state index contributed by atoms with van der Waals surface area (Å²) in [6.07, 6.45) is 3.57. The van der Waals surface area contributed by atoms with Gasteiger partial charge in [0.15, 0.2) is 0 Å². The van der Waals surface area contributed by atoms with Crippen molar-refractivity contribution in [1.29, 1.82) is 0 Å². The van der Waals surface area contributed by atoms with E-state index in [1.807, 2.05) is 25.1 Å². The second-order valence-electron chi connectivity index (χ2n) is 7.62. The number of rotatable bonds is 8. The molecule has 1 aliphatic rings. The van der Waals surface area contributed by atoms with Crippen LogP contribution in [0.5, 0.6) is 0 Å². The lowest BCUT2D eigenvalue weighted by molar-refractivity contribution is 0.0526. The fraction of sp³-hybridized carbons (Fsp3) is 0.435. The van der Waals surface area contributed by atoms with Crippen LogP contribution in [-0.4, -0.2) is 34.1 Å². The van der Waals surface area contributed by atoms with Crippen molar-refractivity contribution in [2.75, 3.05) is 24.6 Å². The minimum atomic E-state index is -3.56. The molecule has 1 heterocycles. The van der Waals surface area contributed by atoms with E-state index in [0.29, 0.717) is 17.7 Å². The predicted molar refractivity (Wildman–Crippen MR) is 119 cm³/mol. The number of esters is 1. The Morgan fingerprint density at radius 3 is 2.40 bits per heavy atom. The lowest BCUT2D eigenvalue weighted by Gasteiger charge is -2.32. The van der Waals surface area contributed by atoms with E-state index in [1.165, 1.54) is 6.42 Å². The molecule has 1 N–H and O–H groups in total. The minimum absolute atomic E-state index is 0.147. The monoisotopic (exact) mass is 430 g/mol. The maximum absolute atomic E-state index is 12.8. The summed E-state index contributed by atoms with van der Waals surface area (Å²) in [7, 11) is -3.56. The molecule has 3 rings (SSSR count). The van der Waals surface area contributed by atoms with Crippen molar-refractivity contribution in [1.82, 2.24) is 4.72 Å². The molecule has 7 heteroatoms. The van der Waals surface area contributed by atoms with Crippen molar-refractivity contribution >= 4 is 21.7 Å². The molecule has 0 bridgehead atoms. The molecule has 30 heavy (non-hydrogen) atoms. The van der Waals surface area contributed by atoms with Gasteiger partial charge in [-0.15, -0.1) is 0 Å². The van der Waals surface area contributed by atoms with Crippen LogP contribution in [0.25, 0.3) is 0 Å². The zero-order valence-electron chi connectivity index (χ0n) is 17.6. The molecular formula is C23H30N2O4S. The van der Waals surface area contributed by atoms with Crippen molar-refractivity contribution < 1.29 is 17.9 Å². The minimum Gasteiger partial charge on any atom is -0.462 e. The second kappa shape index (κ2) is 10.1. The molecule has 0 spiro atoms. The van der Waals surface area contributed by atoms with E-state index < -0.39 is 16.0 Å². The highest BCUT2D eigenvalue weighted by Crippen LogP contribution is 2.29. The van der Waals surface area contributed by atoms with Gasteiger partial charge >= 0.3 is 5.97 Å². The number of para-hydroxylation sites is 1. The van der Waals surface area contributed by atoms with Crippen molar-refractivity contribution in [3.63, 3.8) is 0 Å². The van der Waals surface area contributed by atoms with Crippen LogP contribution in [0.15, 0.2) is 48.5 Å². The molecule has 0 aliphatic carbocycles. The Bertz CT molecular complexity index is 951. The van der Waals surface area contributed by atoms with Gasteiger partial charge in [-0.05, 0) is 62.4 Å². The molecule has 2 aromatic rings. The van der Waals surface area contributed by atoms with Crippen LogP contribution >= 0.6 is 0 Å². The average molecular weight is 431 g/mol. The molecule has 0 saturated carbocycles. The van der Waals surface area contributed by atoms with Crippen LogP contribution in [0.1, 0.15) is 60.6 Å². The molecule has 0 aromatic heterocycles. The lowest BCUT2D eigenvalue weighted by atomic mass is 10.0. The fourth-order valence-corrected chi connectivity index (χ4v) is 5.20. The molecule has 1 fully saturated rings. The summed E-state index contributed by atoms with van der Waals surface area (Å²) in [6, 6.07) is 14.2. The average Bonchev–Trinajstić information content (AvgIpc) is 2.74. The number of nitrogens with zero attached hydrogens (tertiary/aromatic N) is 1. The van der Waals surface area contributed by atoms with Crippen LogP contribution in [0.2, 0.25) is 0 Å². The van der Waals surface area contributed by atoms with Gasteiger partial charge in [-0.25, -0.2) is 17.9 Å². The third-order valence-electron chi connectivity index (χ3n) is 5.28. The van der Waals surface area contributed by atoms with Crippen LogP contribution < -0.4 is 9.62 Å². The van der Waals surface area contributed by atoms with Gasteiger partial charge in [0.25, 0.3) is 0 Å². The molecule has 1 aliphatic heterocycles. The molecule has 0 amide bonds. The summed E-state index contributed by atoms with van der Waals surface area (Å²) in [5, 5.41) is 0. The van der Waals surface area contributed by atoms with Crippen LogP contribution in [-0.2, 0) is 20.5 Å². The van der Waals surface area contributed by atoms with E-state index >= 15 is 0 Å². The number of piperidine rings is 1. The molecule has 1 unspecified atom stereocenters. The number of carbonyl (C=O) groups is 1. The normalized spacial score (nSPS) is 15.6. The quantitative estimate of drug-likeness (QED) is 0.640. The third kappa shape index (κ3) is 5.83. The number of hydrogen-bond acceptors (Lipinski definition) is 5. The van der Waals surface area contributed by atoms with E-state index in [4.69, 9.17) is 4.74 Å². The number of nitrogens with one attached hydrogen (secondary N) is 1. The first-order valence-electron chi connectivity index (χ1n) is 10.5. The predicted octanol–water partition coefficient (Wildman–Crippen LogP) is 4.03. The molecule has 1 saturated heterocycles. The number of ether oxygens (including phenoxy) is 1. The molecule has 6 nitrogen and oxygen atoms in total. The van der Waals surface area contributed by atoms with Crippen molar-refractivity contribution in [3.05, 3.63) is 65.2 Å². The number of benzene rings is 2. The Balaban J connectivity index is 1.69. The highest BCUT2D eigenvalue weighted by molar-refractivity contribution is 7.88. The molecular weight excluding hydrogens is 400 g/mol. The van der Waals surface area contributed by atoms with Gasteiger partial charge in [0, 0.05) is 24.8 Å². The van der Waals surface area contributed by atoms with Gasteiger partial charge in [-0.2, -0.15) is 0 Å². The summed E-state index contributed by atoms with van der Waals surface area (Å²) in [5.74, 6) is -0.556. The zero-order valence-corrected chi connectivity index (χ0v) is 18.5. The van der Waals surface area contributed by atoms with E-state index in [9.17, 15) is 13.2 Å². The number of sulfonamides is 1. The van der Waals surface area contributed by atoms with Gasteiger partial charge in [0.2, 0.25) is 10.0 Å². The Labute approximate surface area is 179 Å².